The molecule has 0 spiro atoms. The summed E-state index contributed by atoms with van der Waals surface area (Å²) in [5.74, 6) is -0.218. The van der Waals surface area contributed by atoms with Crippen LogP contribution < -0.4 is 16.0 Å². The van der Waals surface area contributed by atoms with Crippen molar-refractivity contribution in [2.75, 3.05) is 43.7 Å². The minimum absolute atomic E-state index is 0.00484. The number of hydrogen-bond acceptors (Lipinski definition) is 10. The van der Waals surface area contributed by atoms with Crippen LogP contribution in [0.2, 0.25) is 5.02 Å². The zero-order valence-corrected chi connectivity index (χ0v) is 24.8. The highest BCUT2D eigenvalue weighted by molar-refractivity contribution is 7.99. The lowest BCUT2D eigenvalue weighted by atomic mass is 9.73. The summed E-state index contributed by atoms with van der Waals surface area (Å²) in [6, 6.07) is 0.596. The van der Waals surface area contributed by atoms with Gasteiger partial charge in [0.05, 0.1) is 30.0 Å². The van der Waals surface area contributed by atoms with Crippen LogP contribution >= 0.6 is 23.4 Å². The molecule has 0 radical (unpaired) electrons. The molecule has 0 bridgehead atoms. The van der Waals surface area contributed by atoms with Crippen molar-refractivity contribution in [2.24, 2.45) is 5.41 Å². The summed E-state index contributed by atoms with van der Waals surface area (Å²) in [7, 11) is 0. The molecule has 14 heteroatoms. The molecule has 40 heavy (non-hydrogen) atoms. The molecule has 3 N–H and O–H groups in total. The van der Waals surface area contributed by atoms with E-state index in [1.807, 2.05) is 0 Å². The molecule has 1 unspecified atom stereocenters. The zero-order chi connectivity index (χ0) is 29.7. The summed E-state index contributed by atoms with van der Waals surface area (Å²) < 4.78 is 39.1. The molecule has 220 valence electrons. The maximum Gasteiger partial charge on any atom is 0.407 e. The van der Waals surface area contributed by atoms with E-state index in [9.17, 15) is 18.4 Å². The largest absolute Gasteiger partial charge is 0.461 e. The Balaban J connectivity index is 1.87. The number of alkyl carbamates (subject to hydrolysis) is 1. The molecule has 1 aliphatic heterocycles. The normalized spacial score (nSPS) is 15.8. The SMILES string of the molecule is CCOC(=O)c1nc(Sc2ccnc(N)c2Cl)c(C)nc1N1CCC(CF)(C(CF)NC(=O)OC(C)(C)C)CC1. The highest BCUT2D eigenvalue weighted by atomic mass is 35.5. The predicted molar refractivity (Wildman–Crippen MR) is 149 cm³/mol. The zero-order valence-electron chi connectivity index (χ0n) is 23.2. The number of halogens is 3. The number of aromatic nitrogens is 3. The first-order chi connectivity index (χ1) is 18.8. The van der Waals surface area contributed by atoms with Crippen molar-refractivity contribution in [3.8, 4) is 0 Å². The molecule has 0 saturated carbocycles. The molecule has 1 saturated heterocycles. The van der Waals surface area contributed by atoms with Crippen LogP contribution in [-0.4, -0.2) is 71.7 Å². The van der Waals surface area contributed by atoms with Gasteiger partial charge in [0.25, 0.3) is 0 Å². The molecule has 1 amide bonds. The third-order valence-corrected chi connectivity index (χ3v) is 8.12. The minimum Gasteiger partial charge on any atom is -0.461 e. The van der Waals surface area contributed by atoms with E-state index in [2.05, 4.69) is 20.3 Å². The fourth-order valence-electron chi connectivity index (χ4n) is 4.31. The Labute approximate surface area is 241 Å². The van der Waals surface area contributed by atoms with Gasteiger partial charge in [-0.3, -0.25) is 4.39 Å². The van der Waals surface area contributed by atoms with E-state index in [-0.39, 0.29) is 54.9 Å². The summed E-state index contributed by atoms with van der Waals surface area (Å²) >= 11 is 7.48. The van der Waals surface area contributed by atoms with E-state index < -0.39 is 42.5 Å². The number of hydrogen-bond donors (Lipinski definition) is 2. The van der Waals surface area contributed by atoms with Gasteiger partial charge < -0.3 is 25.4 Å². The lowest BCUT2D eigenvalue weighted by Crippen LogP contribution is -2.56. The Hall–Kier alpha value is -2.93. The van der Waals surface area contributed by atoms with Crippen molar-refractivity contribution < 1.29 is 27.8 Å². The fourth-order valence-corrected chi connectivity index (χ4v) is 5.40. The van der Waals surface area contributed by atoms with Crippen molar-refractivity contribution >= 4 is 47.1 Å². The number of carbonyl (C=O) groups excluding carboxylic acids is 2. The number of carbonyl (C=O) groups is 2. The standard InChI is InChI=1S/C26H35ClF2N6O4S/c1-6-38-23(36)19-21(32-15(2)22(34-19)40-16-7-10-31-20(30)18(16)27)35-11-8-26(14-29,9-12-35)17(13-28)33-24(37)39-25(3,4)5/h7,10,17H,6,8-9,11-14H2,1-5H3,(H2,30,31)(H,33,37). The summed E-state index contributed by atoms with van der Waals surface area (Å²) in [5, 5.41) is 3.20. The average Bonchev–Trinajstić information content (AvgIpc) is 2.90. The van der Waals surface area contributed by atoms with Crippen LogP contribution in [0.5, 0.6) is 0 Å². The number of ether oxygens (including phenoxy) is 2. The van der Waals surface area contributed by atoms with Crippen LogP contribution in [0.1, 0.15) is 56.7 Å². The van der Waals surface area contributed by atoms with Crippen molar-refractivity contribution in [2.45, 2.75) is 69.0 Å². The van der Waals surface area contributed by atoms with Crippen LogP contribution in [0, 0.1) is 12.3 Å². The summed E-state index contributed by atoms with van der Waals surface area (Å²) in [6.07, 6.45) is 1.10. The van der Waals surface area contributed by atoms with E-state index in [1.165, 1.54) is 18.0 Å². The van der Waals surface area contributed by atoms with Gasteiger partial charge in [0.15, 0.2) is 11.5 Å². The van der Waals surface area contributed by atoms with Gasteiger partial charge in [0.2, 0.25) is 0 Å². The molecule has 1 atom stereocenters. The lowest BCUT2D eigenvalue weighted by Gasteiger charge is -2.44. The van der Waals surface area contributed by atoms with Crippen LogP contribution in [-0.2, 0) is 9.47 Å². The van der Waals surface area contributed by atoms with E-state index in [1.54, 1.807) is 45.6 Å². The van der Waals surface area contributed by atoms with Gasteiger partial charge in [-0.25, -0.2) is 28.9 Å². The summed E-state index contributed by atoms with van der Waals surface area (Å²) in [4.78, 5) is 40.8. The number of esters is 1. The fraction of sp³-hybridized carbons (Fsp3) is 0.577. The molecule has 2 aromatic rings. The topological polar surface area (TPSA) is 133 Å². The number of nitrogens with zero attached hydrogens (tertiary/aromatic N) is 4. The van der Waals surface area contributed by atoms with E-state index in [4.69, 9.17) is 26.8 Å². The summed E-state index contributed by atoms with van der Waals surface area (Å²) in [6.45, 7) is 7.32. The van der Waals surface area contributed by atoms with E-state index in [0.717, 1.165) is 0 Å². The molecule has 2 aromatic heterocycles. The van der Waals surface area contributed by atoms with Crippen LogP contribution in [0.3, 0.4) is 0 Å². The Bertz CT molecular complexity index is 1220. The second-order valence-electron chi connectivity index (χ2n) is 10.5. The van der Waals surface area contributed by atoms with Gasteiger partial charge in [0.1, 0.15) is 23.1 Å². The van der Waals surface area contributed by atoms with E-state index in [0.29, 0.717) is 15.6 Å². The summed E-state index contributed by atoms with van der Waals surface area (Å²) in [5.41, 5.74) is 4.40. The minimum atomic E-state index is -1.15. The smallest absolute Gasteiger partial charge is 0.407 e. The third kappa shape index (κ3) is 7.42. The monoisotopic (exact) mass is 600 g/mol. The van der Waals surface area contributed by atoms with Crippen molar-refractivity contribution in [3.05, 3.63) is 28.7 Å². The van der Waals surface area contributed by atoms with Crippen LogP contribution in [0.25, 0.3) is 0 Å². The molecular formula is C26H35ClF2N6O4S. The van der Waals surface area contributed by atoms with Crippen LogP contribution in [0.4, 0.5) is 25.2 Å². The number of nitrogen functional groups attached to an aromatic ring is 1. The van der Waals surface area contributed by atoms with Crippen molar-refractivity contribution in [1.82, 2.24) is 20.3 Å². The Morgan fingerprint density at radius 2 is 1.95 bits per heavy atom. The number of rotatable bonds is 9. The number of nitrogens with one attached hydrogen (secondary N) is 1. The van der Waals surface area contributed by atoms with Gasteiger partial charge in [-0.15, -0.1) is 0 Å². The molecule has 3 rings (SSSR count). The highest BCUT2D eigenvalue weighted by Gasteiger charge is 2.44. The number of nitrogens with two attached hydrogens (primary N) is 1. The maximum atomic E-state index is 14.5. The Kier molecular flexibility index (Phi) is 10.4. The first kappa shape index (κ1) is 31.6. The van der Waals surface area contributed by atoms with E-state index >= 15 is 0 Å². The van der Waals surface area contributed by atoms with Crippen LogP contribution in [0.15, 0.2) is 22.2 Å². The molecule has 10 nitrogen and oxygen atoms in total. The quantitative estimate of drug-likeness (QED) is 0.372. The van der Waals surface area contributed by atoms with Crippen molar-refractivity contribution in [1.29, 1.82) is 0 Å². The highest BCUT2D eigenvalue weighted by Crippen LogP contribution is 2.40. The Morgan fingerprint density at radius 1 is 1.27 bits per heavy atom. The molecule has 3 heterocycles. The average molecular weight is 601 g/mol. The second-order valence-corrected chi connectivity index (χ2v) is 11.9. The molecule has 0 aliphatic carbocycles. The maximum absolute atomic E-state index is 14.5. The number of alkyl halides is 2. The predicted octanol–water partition coefficient (Wildman–Crippen LogP) is 5.16. The molecular weight excluding hydrogens is 566 g/mol. The van der Waals surface area contributed by atoms with Gasteiger partial charge in [-0.05, 0) is 53.5 Å². The number of anilines is 2. The number of aryl methyl sites for hydroxylation is 1. The first-order valence-electron chi connectivity index (χ1n) is 12.8. The molecule has 1 aliphatic rings. The lowest BCUT2D eigenvalue weighted by molar-refractivity contribution is 0.0329. The Morgan fingerprint density at radius 3 is 2.52 bits per heavy atom. The number of amides is 1. The number of piperidine rings is 1. The molecule has 0 aromatic carbocycles. The third-order valence-electron chi connectivity index (χ3n) is 6.47. The molecule has 1 fully saturated rings. The van der Waals surface area contributed by atoms with Gasteiger partial charge >= 0.3 is 12.1 Å². The second kappa shape index (κ2) is 13.2. The van der Waals surface area contributed by atoms with Gasteiger partial charge in [0, 0.05) is 29.6 Å². The van der Waals surface area contributed by atoms with Gasteiger partial charge in [-0.2, -0.15) is 0 Å². The van der Waals surface area contributed by atoms with Gasteiger partial charge in [-0.1, -0.05) is 23.4 Å². The first-order valence-corrected chi connectivity index (χ1v) is 14.0. The van der Waals surface area contributed by atoms with Crippen molar-refractivity contribution in [3.63, 3.8) is 0 Å². The number of pyridine rings is 1.